The van der Waals surface area contributed by atoms with Crippen molar-refractivity contribution in [3.05, 3.63) is 105 Å². The summed E-state index contributed by atoms with van der Waals surface area (Å²) < 4.78 is 3.93. The van der Waals surface area contributed by atoms with Gasteiger partial charge >= 0.3 is 0 Å². The van der Waals surface area contributed by atoms with Crippen LogP contribution in [0.15, 0.2) is 82.8 Å². The lowest BCUT2D eigenvalue weighted by molar-refractivity contribution is -0.124. The standard InChI is InChI=1S/C28H25N7O3S/c1-16-10-22(26(36)32-14-19-11-17-13-30-24(29)12-23(17)39-19)35-25(16)31-15-21(28(35)38)33-20-8-5-9-34(27(20)37)18-6-3-2-4-7-18/h2-9,11-13,15-16,22,33H,10,14H2,1H3,(H2,29,30)(H,32,36)/t16-,22+/m1/s1. The average Bonchev–Trinajstić information content (AvgIpc) is 3.50. The molecule has 0 unspecified atom stereocenters. The van der Waals surface area contributed by atoms with Gasteiger partial charge in [-0.3, -0.25) is 23.5 Å². The van der Waals surface area contributed by atoms with Crippen molar-refractivity contribution in [3.63, 3.8) is 0 Å². The van der Waals surface area contributed by atoms with Crippen molar-refractivity contribution in [2.24, 2.45) is 0 Å². The van der Waals surface area contributed by atoms with Crippen molar-refractivity contribution in [2.75, 3.05) is 11.1 Å². The van der Waals surface area contributed by atoms with Crippen LogP contribution in [0, 0.1) is 0 Å². The number of benzene rings is 1. The molecule has 196 valence electrons. The number of nitrogens with one attached hydrogen (secondary N) is 2. The Bertz CT molecular complexity index is 1830. The van der Waals surface area contributed by atoms with Crippen LogP contribution in [0.25, 0.3) is 15.8 Å². The number of hydrogen-bond acceptors (Lipinski definition) is 8. The highest BCUT2D eigenvalue weighted by Crippen LogP contribution is 2.34. The number of pyridine rings is 2. The molecule has 1 amide bonds. The monoisotopic (exact) mass is 539 g/mol. The van der Waals surface area contributed by atoms with Crippen LogP contribution in [0.1, 0.15) is 36.0 Å². The Morgan fingerprint density at radius 1 is 1.05 bits per heavy atom. The Kier molecular flexibility index (Phi) is 6.20. The molecule has 39 heavy (non-hydrogen) atoms. The summed E-state index contributed by atoms with van der Waals surface area (Å²) in [7, 11) is 0. The first-order valence-electron chi connectivity index (χ1n) is 12.5. The molecule has 0 fully saturated rings. The minimum absolute atomic E-state index is 0.0760. The van der Waals surface area contributed by atoms with Crippen molar-refractivity contribution in [1.29, 1.82) is 0 Å². The molecule has 0 saturated carbocycles. The van der Waals surface area contributed by atoms with Gasteiger partial charge in [0.2, 0.25) is 5.91 Å². The molecule has 4 N–H and O–H groups in total. The predicted octanol–water partition coefficient (Wildman–Crippen LogP) is 3.69. The number of nitrogen functional groups attached to an aromatic ring is 1. The van der Waals surface area contributed by atoms with E-state index in [0.717, 1.165) is 15.0 Å². The molecule has 0 saturated heterocycles. The Balaban J connectivity index is 1.25. The van der Waals surface area contributed by atoms with Crippen LogP contribution in [0.5, 0.6) is 0 Å². The number of aromatic nitrogens is 4. The third-order valence-corrected chi connectivity index (χ3v) is 7.91. The van der Waals surface area contributed by atoms with E-state index in [9.17, 15) is 14.4 Å². The van der Waals surface area contributed by atoms with Crippen LogP contribution in [0.2, 0.25) is 0 Å². The van der Waals surface area contributed by atoms with E-state index in [-0.39, 0.29) is 28.8 Å². The maximum absolute atomic E-state index is 13.6. The zero-order valence-corrected chi connectivity index (χ0v) is 21.8. The first-order chi connectivity index (χ1) is 18.9. The molecule has 5 aromatic rings. The van der Waals surface area contributed by atoms with E-state index in [4.69, 9.17) is 5.73 Å². The van der Waals surface area contributed by atoms with E-state index >= 15 is 0 Å². The van der Waals surface area contributed by atoms with Gasteiger partial charge in [-0.2, -0.15) is 0 Å². The molecule has 0 radical (unpaired) electrons. The van der Waals surface area contributed by atoms with Crippen LogP contribution in [-0.2, 0) is 11.3 Å². The summed E-state index contributed by atoms with van der Waals surface area (Å²) in [6.07, 6.45) is 5.26. The fourth-order valence-electron chi connectivity index (χ4n) is 4.91. The third kappa shape index (κ3) is 4.57. The highest BCUT2D eigenvalue weighted by molar-refractivity contribution is 7.19. The summed E-state index contributed by atoms with van der Waals surface area (Å²) in [6, 6.07) is 15.6. The largest absolute Gasteiger partial charge is 0.384 e. The van der Waals surface area contributed by atoms with Gasteiger partial charge in [0.25, 0.3) is 11.1 Å². The van der Waals surface area contributed by atoms with E-state index < -0.39 is 11.6 Å². The zero-order valence-electron chi connectivity index (χ0n) is 21.0. The molecule has 1 aromatic carbocycles. The Morgan fingerprint density at radius 2 is 1.87 bits per heavy atom. The number of amides is 1. The first-order valence-corrected chi connectivity index (χ1v) is 13.3. The molecule has 10 nitrogen and oxygen atoms in total. The van der Waals surface area contributed by atoms with Crippen LogP contribution in [0.3, 0.4) is 0 Å². The second-order valence-corrected chi connectivity index (χ2v) is 10.7. The molecule has 6 rings (SSSR count). The molecule has 5 heterocycles. The number of hydrogen-bond donors (Lipinski definition) is 3. The number of carbonyl (C=O) groups excluding carboxylic acids is 1. The van der Waals surface area contributed by atoms with E-state index in [2.05, 4.69) is 20.6 Å². The molecular weight excluding hydrogens is 514 g/mol. The smallest absolute Gasteiger partial charge is 0.278 e. The number of para-hydroxylation sites is 1. The summed E-state index contributed by atoms with van der Waals surface area (Å²) in [4.78, 5) is 49.5. The third-order valence-electron chi connectivity index (χ3n) is 6.82. The molecule has 0 bridgehead atoms. The van der Waals surface area contributed by atoms with Gasteiger partial charge in [-0.1, -0.05) is 25.1 Å². The number of thiophene rings is 1. The maximum Gasteiger partial charge on any atom is 0.278 e. The summed E-state index contributed by atoms with van der Waals surface area (Å²) in [5.41, 5.74) is 6.13. The minimum Gasteiger partial charge on any atom is -0.384 e. The molecule has 11 heteroatoms. The number of nitrogens with zero attached hydrogens (tertiary/aromatic N) is 4. The second kappa shape index (κ2) is 9.84. The fraction of sp³-hybridized carbons (Fsp3) is 0.179. The topological polar surface area (TPSA) is 137 Å². The SMILES string of the molecule is C[C@@H]1C[C@@H](C(=O)NCc2cc3cnc(N)cc3s2)n2c1ncc(Nc1cccn(-c3ccccc3)c1=O)c2=O. The number of nitrogens with two attached hydrogens (primary N) is 1. The lowest BCUT2D eigenvalue weighted by Crippen LogP contribution is -2.36. The van der Waals surface area contributed by atoms with Gasteiger partial charge in [0.1, 0.15) is 29.1 Å². The number of carbonyl (C=O) groups is 1. The predicted molar refractivity (Wildman–Crippen MR) is 152 cm³/mol. The summed E-state index contributed by atoms with van der Waals surface area (Å²) in [5.74, 6) is 0.655. The van der Waals surface area contributed by atoms with Crippen LogP contribution in [-0.4, -0.2) is 25.0 Å². The summed E-state index contributed by atoms with van der Waals surface area (Å²) in [6.45, 7) is 2.26. The van der Waals surface area contributed by atoms with Crippen LogP contribution < -0.4 is 27.5 Å². The van der Waals surface area contributed by atoms with Crippen LogP contribution in [0.4, 0.5) is 17.2 Å². The molecular formula is C28H25N7O3S. The van der Waals surface area contributed by atoms with Gasteiger partial charge in [0.15, 0.2) is 0 Å². The van der Waals surface area contributed by atoms with Crippen molar-refractivity contribution in [2.45, 2.75) is 31.8 Å². The maximum atomic E-state index is 13.6. The Morgan fingerprint density at radius 3 is 2.69 bits per heavy atom. The zero-order chi connectivity index (χ0) is 27.1. The van der Waals surface area contributed by atoms with Gasteiger partial charge in [-0.15, -0.1) is 11.3 Å². The van der Waals surface area contributed by atoms with Gasteiger partial charge < -0.3 is 16.4 Å². The normalized spacial score (nSPS) is 16.2. The Labute approximate surface area is 226 Å². The van der Waals surface area contributed by atoms with Gasteiger partial charge in [0, 0.05) is 39.0 Å². The minimum atomic E-state index is -0.708. The number of fused-ring (bicyclic) bond motifs is 2. The van der Waals surface area contributed by atoms with Gasteiger partial charge in [0.05, 0.1) is 12.7 Å². The van der Waals surface area contributed by atoms with E-state index in [1.165, 1.54) is 26.7 Å². The quantitative estimate of drug-likeness (QED) is 0.299. The fourth-order valence-corrected chi connectivity index (χ4v) is 5.93. The first kappa shape index (κ1) is 24.6. The lowest BCUT2D eigenvalue weighted by atomic mass is 10.1. The van der Waals surface area contributed by atoms with Crippen molar-refractivity contribution in [3.8, 4) is 5.69 Å². The molecule has 0 spiro atoms. The molecule has 2 atom stereocenters. The van der Waals surface area contributed by atoms with Gasteiger partial charge in [-0.25, -0.2) is 9.97 Å². The van der Waals surface area contributed by atoms with E-state index in [1.54, 1.807) is 30.6 Å². The lowest BCUT2D eigenvalue weighted by Gasteiger charge is -2.15. The highest BCUT2D eigenvalue weighted by Gasteiger charge is 2.35. The van der Waals surface area contributed by atoms with E-state index in [1.807, 2.05) is 43.3 Å². The number of rotatable bonds is 6. The highest BCUT2D eigenvalue weighted by atomic mass is 32.1. The summed E-state index contributed by atoms with van der Waals surface area (Å²) >= 11 is 1.53. The van der Waals surface area contributed by atoms with Gasteiger partial charge in [-0.05, 0) is 42.8 Å². The molecule has 1 aliphatic heterocycles. The molecule has 0 aliphatic carbocycles. The van der Waals surface area contributed by atoms with Crippen molar-refractivity contribution in [1.82, 2.24) is 24.4 Å². The Hall–Kier alpha value is -4.77. The molecule has 4 aromatic heterocycles. The van der Waals surface area contributed by atoms with Crippen molar-refractivity contribution < 1.29 is 4.79 Å². The van der Waals surface area contributed by atoms with E-state index in [0.29, 0.717) is 30.3 Å². The number of anilines is 3. The van der Waals surface area contributed by atoms with Crippen LogP contribution >= 0.6 is 11.3 Å². The molecule has 1 aliphatic rings. The average molecular weight is 540 g/mol. The second-order valence-electron chi connectivity index (χ2n) is 9.49. The van der Waals surface area contributed by atoms with Crippen molar-refractivity contribution >= 4 is 44.5 Å². The summed E-state index contributed by atoms with van der Waals surface area (Å²) in [5, 5.41) is 6.88.